The first-order chi connectivity index (χ1) is 8.16. The Balaban J connectivity index is 2.07. The zero-order valence-corrected chi connectivity index (χ0v) is 10.5. The number of carbonyl (C=O) groups excluding carboxylic acids is 1. The van der Waals surface area contributed by atoms with E-state index in [1.165, 1.54) is 0 Å². The third-order valence-electron chi connectivity index (χ3n) is 2.27. The Hall–Kier alpha value is -1.82. The van der Waals surface area contributed by atoms with Crippen molar-refractivity contribution >= 4 is 27.5 Å². The van der Waals surface area contributed by atoms with E-state index in [-0.39, 0.29) is 5.91 Å². The van der Waals surface area contributed by atoms with E-state index >= 15 is 0 Å². The molecule has 0 spiro atoms. The van der Waals surface area contributed by atoms with Gasteiger partial charge in [0.25, 0.3) is 5.91 Å². The normalized spacial score (nSPS) is 10.2. The number of carbonyl (C=O) groups is 1. The molecule has 0 unspecified atom stereocenters. The Labute approximate surface area is 107 Å². The number of aromatic nitrogens is 2. The van der Waals surface area contributed by atoms with Gasteiger partial charge in [0.2, 0.25) is 0 Å². The molecule has 1 aromatic carbocycles. The number of amides is 1. The van der Waals surface area contributed by atoms with Crippen LogP contribution < -0.4 is 11.1 Å². The molecule has 2 rings (SSSR count). The summed E-state index contributed by atoms with van der Waals surface area (Å²) < 4.78 is 0.820. The van der Waals surface area contributed by atoms with Crippen molar-refractivity contribution in [3.8, 4) is 0 Å². The minimum absolute atomic E-state index is 0.204. The maximum atomic E-state index is 11.9. The van der Waals surface area contributed by atoms with E-state index in [1.54, 1.807) is 30.6 Å². The van der Waals surface area contributed by atoms with Gasteiger partial charge < -0.3 is 11.1 Å². The third kappa shape index (κ3) is 2.85. The highest BCUT2D eigenvalue weighted by Crippen LogP contribution is 2.18. The summed E-state index contributed by atoms with van der Waals surface area (Å²) in [7, 11) is 0. The van der Waals surface area contributed by atoms with Crippen molar-refractivity contribution < 1.29 is 4.79 Å². The zero-order valence-electron chi connectivity index (χ0n) is 8.90. The first-order valence-corrected chi connectivity index (χ1v) is 5.77. The highest BCUT2D eigenvalue weighted by atomic mass is 79.9. The summed E-state index contributed by atoms with van der Waals surface area (Å²) >= 11 is 3.30. The quantitative estimate of drug-likeness (QED) is 0.753. The van der Waals surface area contributed by atoms with Gasteiger partial charge in [0.1, 0.15) is 0 Å². The molecule has 1 aromatic heterocycles. The summed E-state index contributed by atoms with van der Waals surface area (Å²) in [5.41, 5.74) is 7.57. The molecule has 0 saturated heterocycles. The molecule has 0 atom stereocenters. The van der Waals surface area contributed by atoms with Gasteiger partial charge in [-0.05, 0) is 18.2 Å². The van der Waals surface area contributed by atoms with Crippen LogP contribution in [0.5, 0.6) is 0 Å². The topological polar surface area (TPSA) is 83.8 Å². The number of aromatic amines is 1. The SMILES string of the molecule is Nc1ccc(Br)cc1C(=O)NCc1cn[nH]c1. The molecule has 0 aliphatic heterocycles. The molecule has 0 aliphatic rings. The number of halogens is 1. The molecule has 6 heteroatoms. The number of benzene rings is 1. The molecule has 1 amide bonds. The number of H-pyrrole nitrogens is 1. The number of nitrogens with zero attached hydrogens (tertiary/aromatic N) is 1. The lowest BCUT2D eigenvalue weighted by Gasteiger charge is -2.06. The van der Waals surface area contributed by atoms with E-state index in [4.69, 9.17) is 5.73 Å². The van der Waals surface area contributed by atoms with E-state index in [9.17, 15) is 4.79 Å². The fourth-order valence-corrected chi connectivity index (χ4v) is 1.74. The van der Waals surface area contributed by atoms with Gasteiger partial charge in [-0.1, -0.05) is 15.9 Å². The lowest BCUT2D eigenvalue weighted by atomic mass is 10.1. The molecule has 0 aliphatic carbocycles. The average Bonchev–Trinajstić information content (AvgIpc) is 2.82. The van der Waals surface area contributed by atoms with Gasteiger partial charge in [0, 0.05) is 28.5 Å². The standard InChI is InChI=1S/C11H11BrN4O/c12-8-1-2-10(13)9(3-8)11(17)14-4-7-5-15-16-6-7/h1-3,5-6H,4,13H2,(H,14,17)(H,15,16). The molecule has 2 aromatic rings. The summed E-state index contributed by atoms with van der Waals surface area (Å²) in [4.78, 5) is 11.9. The van der Waals surface area contributed by atoms with Crippen molar-refractivity contribution in [2.45, 2.75) is 6.54 Å². The zero-order chi connectivity index (χ0) is 12.3. The second kappa shape index (κ2) is 5.01. The molecule has 0 radical (unpaired) electrons. The van der Waals surface area contributed by atoms with Gasteiger partial charge in [-0.3, -0.25) is 9.89 Å². The number of nitrogens with one attached hydrogen (secondary N) is 2. The molecule has 5 nitrogen and oxygen atoms in total. The van der Waals surface area contributed by atoms with Crippen LogP contribution in [-0.2, 0) is 6.54 Å². The van der Waals surface area contributed by atoms with E-state index in [0.29, 0.717) is 17.8 Å². The maximum absolute atomic E-state index is 11.9. The lowest BCUT2D eigenvalue weighted by Crippen LogP contribution is -2.23. The maximum Gasteiger partial charge on any atom is 0.253 e. The molecule has 17 heavy (non-hydrogen) atoms. The Kier molecular flexibility index (Phi) is 3.43. The van der Waals surface area contributed by atoms with Crippen molar-refractivity contribution in [3.05, 3.63) is 46.2 Å². The Bertz CT molecular complexity index is 524. The van der Waals surface area contributed by atoms with Crippen LogP contribution in [0, 0.1) is 0 Å². The van der Waals surface area contributed by atoms with Gasteiger partial charge in [-0.15, -0.1) is 0 Å². The van der Waals surface area contributed by atoms with Crippen LogP contribution in [0.25, 0.3) is 0 Å². The largest absolute Gasteiger partial charge is 0.398 e. The molecule has 0 saturated carbocycles. The smallest absolute Gasteiger partial charge is 0.253 e. The van der Waals surface area contributed by atoms with Crippen LogP contribution in [0.2, 0.25) is 0 Å². The van der Waals surface area contributed by atoms with Crippen LogP contribution in [0.3, 0.4) is 0 Å². The second-order valence-corrected chi connectivity index (χ2v) is 4.44. The lowest BCUT2D eigenvalue weighted by molar-refractivity contribution is 0.0952. The monoisotopic (exact) mass is 294 g/mol. The predicted octanol–water partition coefficient (Wildman–Crippen LogP) is 1.68. The molecular formula is C11H11BrN4O. The Morgan fingerprint density at radius 2 is 2.35 bits per heavy atom. The summed E-state index contributed by atoms with van der Waals surface area (Å²) in [5, 5.41) is 9.25. The molecule has 0 bridgehead atoms. The van der Waals surface area contributed by atoms with Crippen LogP contribution in [0.1, 0.15) is 15.9 Å². The van der Waals surface area contributed by atoms with E-state index in [0.717, 1.165) is 10.0 Å². The minimum Gasteiger partial charge on any atom is -0.398 e. The minimum atomic E-state index is -0.204. The van der Waals surface area contributed by atoms with Crippen LogP contribution in [-0.4, -0.2) is 16.1 Å². The fraction of sp³-hybridized carbons (Fsp3) is 0.0909. The van der Waals surface area contributed by atoms with E-state index < -0.39 is 0 Å². The first-order valence-electron chi connectivity index (χ1n) is 4.97. The number of rotatable bonds is 3. The highest BCUT2D eigenvalue weighted by Gasteiger charge is 2.09. The van der Waals surface area contributed by atoms with Crippen molar-refractivity contribution in [2.75, 3.05) is 5.73 Å². The average molecular weight is 295 g/mol. The van der Waals surface area contributed by atoms with Gasteiger partial charge in [0.05, 0.1) is 11.8 Å². The summed E-state index contributed by atoms with van der Waals surface area (Å²) in [5.74, 6) is -0.204. The number of nitrogens with two attached hydrogens (primary N) is 1. The predicted molar refractivity (Wildman–Crippen MR) is 68.3 cm³/mol. The van der Waals surface area contributed by atoms with Crippen LogP contribution in [0.15, 0.2) is 35.1 Å². The molecule has 88 valence electrons. The third-order valence-corrected chi connectivity index (χ3v) is 2.76. The number of nitrogen functional groups attached to an aromatic ring is 1. The first kappa shape index (κ1) is 11.7. The highest BCUT2D eigenvalue weighted by molar-refractivity contribution is 9.10. The van der Waals surface area contributed by atoms with Gasteiger partial charge in [-0.25, -0.2) is 0 Å². The van der Waals surface area contributed by atoms with Crippen molar-refractivity contribution in [3.63, 3.8) is 0 Å². The molecule has 4 N–H and O–H groups in total. The summed E-state index contributed by atoms with van der Waals surface area (Å²) in [6.07, 6.45) is 3.38. The second-order valence-electron chi connectivity index (χ2n) is 3.52. The fourth-order valence-electron chi connectivity index (χ4n) is 1.38. The Morgan fingerprint density at radius 3 is 3.06 bits per heavy atom. The van der Waals surface area contributed by atoms with Gasteiger partial charge in [-0.2, -0.15) is 5.10 Å². The Morgan fingerprint density at radius 1 is 1.53 bits per heavy atom. The van der Waals surface area contributed by atoms with Crippen molar-refractivity contribution in [1.82, 2.24) is 15.5 Å². The summed E-state index contributed by atoms with van der Waals surface area (Å²) in [6, 6.07) is 5.18. The molecular weight excluding hydrogens is 284 g/mol. The van der Waals surface area contributed by atoms with E-state index in [1.807, 2.05) is 0 Å². The number of hydrogen-bond donors (Lipinski definition) is 3. The van der Waals surface area contributed by atoms with Crippen molar-refractivity contribution in [2.24, 2.45) is 0 Å². The van der Waals surface area contributed by atoms with Crippen LogP contribution >= 0.6 is 15.9 Å². The van der Waals surface area contributed by atoms with Crippen molar-refractivity contribution in [1.29, 1.82) is 0 Å². The van der Waals surface area contributed by atoms with Gasteiger partial charge >= 0.3 is 0 Å². The molecule has 0 fully saturated rings. The number of anilines is 1. The molecule has 1 heterocycles. The van der Waals surface area contributed by atoms with Crippen LogP contribution in [0.4, 0.5) is 5.69 Å². The van der Waals surface area contributed by atoms with Gasteiger partial charge in [0.15, 0.2) is 0 Å². The number of hydrogen-bond acceptors (Lipinski definition) is 3. The van der Waals surface area contributed by atoms with E-state index in [2.05, 4.69) is 31.4 Å². The summed E-state index contributed by atoms with van der Waals surface area (Å²) in [6.45, 7) is 0.418.